The average Bonchev–Trinajstić information content (AvgIpc) is 2.81. The van der Waals surface area contributed by atoms with Crippen molar-refractivity contribution in [3.63, 3.8) is 0 Å². The van der Waals surface area contributed by atoms with Crippen molar-refractivity contribution >= 4 is 41.8 Å². The van der Waals surface area contributed by atoms with Crippen molar-refractivity contribution in [3.05, 3.63) is 94.5 Å². The number of aromatic nitrogens is 1. The predicted molar refractivity (Wildman–Crippen MR) is 138 cm³/mol. The zero-order chi connectivity index (χ0) is 22.5. The fraction of sp³-hybridized carbons (Fsp3) is 0.192. The van der Waals surface area contributed by atoms with Crippen LogP contribution < -0.4 is 15.9 Å². The molecule has 0 saturated carbocycles. The highest BCUT2D eigenvalue weighted by atomic mass is 35.5. The second-order valence-corrected chi connectivity index (χ2v) is 7.62. The lowest BCUT2D eigenvalue weighted by atomic mass is 10.0. The van der Waals surface area contributed by atoms with Gasteiger partial charge in [0.1, 0.15) is 23.6 Å². The molecule has 0 unspecified atom stereocenters. The Morgan fingerprint density at radius 1 is 1.09 bits per heavy atom. The summed E-state index contributed by atoms with van der Waals surface area (Å²) < 4.78 is 11.4. The van der Waals surface area contributed by atoms with Crippen molar-refractivity contribution in [1.29, 1.82) is 0 Å². The molecule has 4 aromatic rings. The van der Waals surface area contributed by atoms with Crippen LogP contribution in [0.1, 0.15) is 24.5 Å². The Bertz CT molecular complexity index is 1290. The summed E-state index contributed by atoms with van der Waals surface area (Å²) in [5.41, 5.74) is 8.89. The van der Waals surface area contributed by atoms with Gasteiger partial charge in [-0.25, -0.2) is 4.79 Å². The van der Waals surface area contributed by atoms with Crippen molar-refractivity contribution in [2.24, 2.45) is 5.73 Å². The van der Waals surface area contributed by atoms with Gasteiger partial charge in [-0.15, -0.1) is 24.8 Å². The molecule has 6 nitrogen and oxygen atoms in total. The van der Waals surface area contributed by atoms with Gasteiger partial charge in [0.15, 0.2) is 0 Å². The molecule has 0 amide bonds. The maximum atomic E-state index is 13.1. The van der Waals surface area contributed by atoms with Crippen molar-refractivity contribution < 1.29 is 13.9 Å². The fourth-order valence-electron chi connectivity index (χ4n) is 3.60. The van der Waals surface area contributed by atoms with Crippen LogP contribution in [0.5, 0.6) is 5.75 Å². The summed E-state index contributed by atoms with van der Waals surface area (Å²) in [6.45, 7) is 2.02. The number of rotatable bonds is 7. The highest BCUT2D eigenvalue weighted by molar-refractivity contribution is 5.86. The number of aryl methyl sites for hydroxylation is 1. The molecule has 0 saturated heterocycles. The molecule has 4 rings (SSSR count). The van der Waals surface area contributed by atoms with Crippen LogP contribution in [0.3, 0.4) is 0 Å². The molecule has 0 radical (unpaired) electrons. The molecular weight excluding hydrogens is 475 g/mol. The Morgan fingerprint density at radius 3 is 2.50 bits per heavy atom. The standard InChI is InChI=1S/C26H24N2O4.2ClH/c1-2-8-18-14-19-24(31-16-20(25(19)29)22-11-6-7-12-28-22)15-23(18)32-26(30)21(27)13-17-9-4-3-5-10-17;;/h3-7,9-12,14-16,21H,2,8,13,27H2,1H3;2*1H/t21-;;/m1../s1. The van der Waals surface area contributed by atoms with E-state index in [-0.39, 0.29) is 30.2 Å². The van der Waals surface area contributed by atoms with Gasteiger partial charge in [-0.2, -0.15) is 0 Å². The average molecular weight is 501 g/mol. The third-order valence-corrected chi connectivity index (χ3v) is 5.23. The molecule has 2 aromatic carbocycles. The maximum Gasteiger partial charge on any atom is 0.328 e. The molecule has 34 heavy (non-hydrogen) atoms. The van der Waals surface area contributed by atoms with E-state index in [2.05, 4.69) is 4.98 Å². The number of hydrogen-bond donors (Lipinski definition) is 1. The Morgan fingerprint density at radius 2 is 1.82 bits per heavy atom. The van der Waals surface area contributed by atoms with E-state index in [1.54, 1.807) is 30.5 Å². The number of hydrogen-bond acceptors (Lipinski definition) is 6. The van der Waals surface area contributed by atoms with E-state index in [4.69, 9.17) is 14.9 Å². The lowest BCUT2D eigenvalue weighted by Gasteiger charge is -2.15. The second kappa shape index (κ2) is 12.3. The predicted octanol–water partition coefficient (Wildman–Crippen LogP) is 5.13. The first-order valence-electron chi connectivity index (χ1n) is 10.6. The molecule has 2 aromatic heterocycles. The fourth-order valence-corrected chi connectivity index (χ4v) is 3.60. The van der Waals surface area contributed by atoms with Crippen molar-refractivity contribution in [2.45, 2.75) is 32.2 Å². The summed E-state index contributed by atoms with van der Waals surface area (Å²) in [5.74, 6) is -0.167. The van der Waals surface area contributed by atoms with E-state index < -0.39 is 12.0 Å². The molecule has 0 bridgehead atoms. The Balaban J connectivity index is 0.00000204. The van der Waals surface area contributed by atoms with Gasteiger partial charge in [-0.3, -0.25) is 9.78 Å². The second-order valence-electron chi connectivity index (χ2n) is 7.62. The lowest BCUT2D eigenvalue weighted by Crippen LogP contribution is -2.36. The van der Waals surface area contributed by atoms with Crippen LogP contribution in [-0.4, -0.2) is 17.0 Å². The van der Waals surface area contributed by atoms with Crippen molar-refractivity contribution in [2.75, 3.05) is 0 Å². The van der Waals surface area contributed by atoms with Crippen LogP contribution in [0.15, 0.2) is 82.3 Å². The zero-order valence-corrected chi connectivity index (χ0v) is 20.2. The normalized spacial score (nSPS) is 11.2. The van der Waals surface area contributed by atoms with Crippen LogP contribution in [0, 0.1) is 0 Å². The number of halogens is 2. The van der Waals surface area contributed by atoms with Crippen LogP contribution in [-0.2, 0) is 17.6 Å². The number of esters is 1. The maximum absolute atomic E-state index is 13.1. The van der Waals surface area contributed by atoms with Gasteiger partial charge in [-0.05, 0) is 42.2 Å². The summed E-state index contributed by atoms with van der Waals surface area (Å²) in [6.07, 6.45) is 4.85. The summed E-state index contributed by atoms with van der Waals surface area (Å²) in [6, 6.07) is 17.4. The number of nitrogens with two attached hydrogens (primary N) is 1. The first-order valence-corrected chi connectivity index (χ1v) is 10.6. The monoisotopic (exact) mass is 500 g/mol. The van der Waals surface area contributed by atoms with Gasteiger partial charge < -0.3 is 14.9 Å². The Hall–Kier alpha value is -3.19. The molecule has 8 heteroatoms. The number of nitrogens with zero attached hydrogens (tertiary/aromatic N) is 1. The topological polar surface area (TPSA) is 95.4 Å². The minimum absolute atomic E-state index is 0. The molecule has 0 fully saturated rings. The van der Waals surface area contributed by atoms with Crippen molar-refractivity contribution in [3.8, 4) is 17.0 Å². The lowest BCUT2D eigenvalue weighted by molar-refractivity contribution is -0.135. The van der Waals surface area contributed by atoms with E-state index in [1.807, 2.05) is 43.3 Å². The SMILES string of the molecule is CCCc1cc2c(=O)c(-c3ccccn3)coc2cc1OC(=O)[C@H](N)Cc1ccccc1.Cl.Cl. The summed E-state index contributed by atoms with van der Waals surface area (Å²) in [5, 5.41) is 0.421. The molecule has 2 N–H and O–H groups in total. The number of carbonyl (C=O) groups excluding carboxylic acids is 1. The van der Waals surface area contributed by atoms with Gasteiger partial charge in [0.25, 0.3) is 0 Å². The number of carbonyl (C=O) groups is 1. The minimum Gasteiger partial charge on any atom is -0.463 e. The number of fused-ring (bicyclic) bond motifs is 1. The molecule has 1 atom stereocenters. The summed E-state index contributed by atoms with van der Waals surface area (Å²) in [4.78, 5) is 30.0. The van der Waals surface area contributed by atoms with Crippen LogP contribution >= 0.6 is 24.8 Å². The summed E-state index contributed by atoms with van der Waals surface area (Å²) in [7, 11) is 0. The molecule has 0 aliphatic rings. The summed E-state index contributed by atoms with van der Waals surface area (Å²) >= 11 is 0. The molecule has 0 spiro atoms. The van der Waals surface area contributed by atoms with Gasteiger partial charge in [0, 0.05) is 12.3 Å². The molecule has 0 aliphatic carbocycles. The molecule has 0 aliphatic heterocycles. The number of benzene rings is 2. The minimum atomic E-state index is -0.805. The van der Waals surface area contributed by atoms with Gasteiger partial charge in [-0.1, -0.05) is 49.7 Å². The largest absolute Gasteiger partial charge is 0.463 e. The van der Waals surface area contributed by atoms with Crippen LogP contribution in [0.25, 0.3) is 22.2 Å². The van der Waals surface area contributed by atoms with Crippen molar-refractivity contribution in [1.82, 2.24) is 4.98 Å². The van der Waals surface area contributed by atoms with Crippen LogP contribution in [0.2, 0.25) is 0 Å². The van der Waals surface area contributed by atoms with Crippen LogP contribution in [0.4, 0.5) is 0 Å². The zero-order valence-electron chi connectivity index (χ0n) is 18.6. The molecule has 2 heterocycles. The van der Waals surface area contributed by atoms with Gasteiger partial charge >= 0.3 is 5.97 Å². The Kier molecular flexibility index (Phi) is 9.81. The van der Waals surface area contributed by atoms with E-state index >= 15 is 0 Å². The van der Waals surface area contributed by atoms with E-state index in [0.29, 0.717) is 40.8 Å². The number of ether oxygens (including phenoxy) is 1. The van der Waals surface area contributed by atoms with E-state index in [1.165, 1.54) is 6.26 Å². The van der Waals surface area contributed by atoms with E-state index in [0.717, 1.165) is 17.5 Å². The third-order valence-electron chi connectivity index (χ3n) is 5.23. The highest BCUT2D eigenvalue weighted by Crippen LogP contribution is 2.28. The van der Waals surface area contributed by atoms with E-state index in [9.17, 15) is 9.59 Å². The first kappa shape index (κ1) is 27.1. The molecule has 178 valence electrons. The quantitative estimate of drug-likeness (QED) is 0.279. The third kappa shape index (κ3) is 6.03. The first-order chi connectivity index (χ1) is 15.6. The number of pyridine rings is 1. The highest BCUT2D eigenvalue weighted by Gasteiger charge is 2.20. The smallest absolute Gasteiger partial charge is 0.328 e. The van der Waals surface area contributed by atoms with Gasteiger partial charge in [0.2, 0.25) is 5.43 Å². The molecular formula is C26H26Cl2N2O4. The van der Waals surface area contributed by atoms with Gasteiger partial charge in [0.05, 0.1) is 16.6 Å². The Labute approximate surface area is 210 Å².